The maximum absolute atomic E-state index is 9.25. The molecule has 4 N–H and O–H groups in total. The van der Waals surface area contributed by atoms with E-state index in [0.29, 0.717) is 5.96 Å². The molecule has 0 saturated carbocycles. The monoisotopic (exact) mass is 317 g/mol. The summed E-state index contributed by atoms with van der Waals surface area (Å²) in [6, 6.07) is 8.65. The first-order valence-corrected chi connectivity index (χ1v) is 8.33. The molecule has 1 unspecified atom stereocenters. The average Bonchev–Trinajstić information content (AvgIpc) is 2.98. The summed E-state index contributed by atoms with van der Waals surface area (Å²) in [6.07, 6.45) is 5.03. The Morgan fingerprint density at radius 1 is 1.30 bits per heavy atom. The van der Waals surface area contributed by atoms with E-state index in [1.807, 2.05) is 13.1 Å². The first-order valence-electron chi connectivity index (χ1n) is 8.33. The lowest BCUT2D eigenvalue weighted by atomic mass is 10.1. The zero-order valence-corrected chi connectivity index (χ0v) is 13.9. The summed E-state index contributed by atoms with van der Waals surface area (Å²) in [5, 5.41) is 15.5. The lowest BCUT2D eigenvalue weighted by molar-refractivity contribution is 0.103. The van der Waals surface area contributed by atoms with Crippen molar-refractivity contribution < 1.29 is 5.21 Å². The van der Waals surface area contributed by atoms with Gasteiger partial charge in [0, 0.05) is 6.21 Å². The lowest BCUT2D eigenvalue weighted by Crippen LogP contribution is -2.53. The number of hydroxylamine groups is 1. The summed E-state index contributed by atoms with van der Waals surface area (Å²) in [4.78, 5) is 9.13. The highest BCUT2D eigenvalue weighted by Gasteiger charge is 2.21. The summed E-state index contributed by atoms with van der Waals surface area (Å²) in [6.45, 7) is 4.88. The van der Waals surface area contributed by atoms with E-state index in [-0.39, 0.29) is 6.04 Å². The Kier molecular flexibility index (Phi) is 7.19. The van der Waals surface area contributed by atoms with Crippen LogP contribution in [-0.4, -0.2) is 36.3 Å². The predicted octanol–water partition coefficient (Wildman–Crippen LogP) is 1.84. The highest BCUT2D eigenvalue weighted by atomic mass is 16.5. The van der Waals surface area contributed by atoms with Crippen LogP contribution in [0.2, 0.25) is 0 Å². The molecule has 1 aliphatic carbocycles. The predicted molar refractivity (Wildman–Crippen MR) is 94.0 cm³/mol. The molecule has 2 rings (SSSR count). The van der Waals surface area contributed by atoms with E-state index in [0.717, 1.165) is 32.2 Å². The van der Waals surface area contributed by atoms with E-state index < -0.39 is 6.29 Å². The average molecular weight is 317 g/mol. The number of benzene rings is 1. The van der Waals surface area contributed by atoms with Crippen molar-refractivity contribution in [1.82, 2.24) is 16.1 Å². The second-order valence-electron chi connectivity index (χ2n) is 5.66. The second kappa shape index (κ2) is 9.39. The minimum Gasteiger partial charge on any atom is -0.325 e. The molecule has 6 heteroatoms. The number of nitrogens with zero attached hydrogens (tertiary/aromatic N) is 2. The van der Waals surface area contributed by atoms with Gasteiger partial charge in [-0.15, -0.1) is 0 Å². The third-order valence-electron chi connectivity index (χ3n) is 3.73. The van der Waals surface area contributed by atoms with Gasteiger partial charge in [0.1, 0.15) is 0 Å². The Balaban J connectivity index is 2.04. The SMILES string of the molecule is CCC=NC(=NC1Cc2ccccc2C1)NC(NO)NCCC. The lowest BCUT2D eigenvalue weighted by Gasteiger charge is -2.19. The fraction of sp³-hybridized carbons (Fsp3) is 0.529. The zero-order chi connectivity index (χ0) is 16.5. The first kappa shape index (κ1) is 17.6. The summed E-state index contributed by atoms with van der Waals surface area (Å²) in [5.41, 5.74) is 4.93. The summed E-state index contributed by atoms with van der Waals surface area (Å²) >= 11 is 0. The number of guanidine groups is 1. The van der Waals surface area contributed by atoms with Crippen molar-refractivity contribution >= 4 is 12.2 Å². The third-order valence-corrected chi connectivity index (χ3v) is 3.73. The second-order valence-corrected chi connectivity index (χ2v) is 5.66. The highest BCUT2D eigenvalue weighted by molar-refractivity contribution is 5.88. The largest absolute Gasteiger partial charge is 0.325 e. The first-order chi connectivity index (χ1) is 11.3. The third kappa shape index (κ3) is 5.42. The number of rotatable bonds is 7. The molecule has 0 spiro atoms. The van der Waals surface area contributed by atoms with Gasteiger partial charge in [-0.1, -0.05) is 38.1 Å². The highest BCUT2D eigenvalue weighted by Crippen LogP contribution is 2.23. The van der Waals surface area contributed by atoms with E-state index in [1.54, 1.807) is 0 Å². The Morgan fingerprint density at radius 2 is 2.00 bits per heavy atom. The van der Waals surface area contributed by atoms with Crippen molar-refractivity contribution in [3.8, 4) is 0 Å². The van der Waals surface area contributed by atoms with Gasteiger partial charge in [0.2, 0.25) is 5.96 Å². The molecule has 1 aromatic rings. The summed E-state index contributed by atoms with van der Waals surface area (Å²) < 4.78 is 0. The minimum absolute atomic E-state index is 0.189. The summed E-state index contributed by atoms with van der Waals surface area (Å²) in [5.74, 6) is 0.541. The molecular formula is C17H27N5O. The maximum atomic E-state index is 9.25. The van der Waals surface area contributed by atoms with E-state index in [4.69, 9.17) is 4.99 Å². The Labute approximate surface area is 138 Å². The van der Waals surface area contributed by atoms with Crippen LogP contribution in [0.5, 0.6) is 0 Å². The standard InChI is InChI=1S/C17H27N5O/c1-3-9-18-16(21-17(22-23)19-10-4-2)20-15-11-13-7-5-6-8-14(13)12-15/h5-9,15,17,19,22-23H,3-4,10-12H2,1-2H3,(H,20,21). The van der Waals surface area contributed by atoms with Crippen LogP contribution < -0.4 is 16.1 Å². The molecule has 1 aliphatic rings. The van der Waals surface area contributed by atoms with Crippen LogP contribution in [0, 0.1) is 0 Å². The minimum atomic E-state index is -0.466. The van der Waals surface area contributed by atoms with Crippen molar-refractivity contribution in [1.29, 1.82) is 0 Å². The van der Waals surface area contributed by atoms with Gasteiger partial charge in [-0.2, -0.15) is 5.48 Å². The molecule has 0 fully saturated rings. The van der Waals surface area contributed by atoms with Gasteiger partial charge in [-0.3, -0.25) is 5.32 Å². The molecule has 6 nitrogen and oxygen atoms in total. The number of aliphatic imine (C=N–C) groups is 2. The Hall–Kier alpha value is -1.76. The van der Waals surface area contributed by atoms with Crippen LogP contribution in [0.1, 0.15) is 37.8 Å². The van der Waals surface area contributed by atoms with Crippen LogP contribution in [0.25, 0.3) is 0 Å². The number of fused-ring (bicyclic) bond motifs is 1. The van der Waals surface area contributed by atoms with Crippen LogP contribution in [0.4, 0.5) is 0 Å². The number of hydrogen-bond donors (Lipinski definition) is 4. The van der Waals surface area contributed by atoms with Crippen molar-refractivity contribution in [2.75, 3.05) is 6.54 Å². The van der Waals surface area contributed by atoms with Crippen LogP contribution in [0.15, 0.2) is 34.3 Å². The van der Waals surface area contributed by atoms with Gasteiger partial charge < -0.3 is 10.5 Å². The fourth-order valence-electron chi connectivity index (χ4n) is 2.63. The normalized spacial score (nSPS) is 16.7. The van der Waals surface area contributed by atoms with Crippen molar-refractivity contribution in [2.45, 2.75) is 51.9 Å². The quantitative estimate of drug-likeness (QED) is 0.268. The Bertz CT molecular complexity index is 519. The fourth-order valence-corrected chi connectivity index (χ4v) is 2.63. The van der Waals surface area contributed by atoms with Crippen molar-refractivity contribution in [3.63, 3.8) is 0 Å². The van der Waals surface area contributed by atoms with E-state index in [1.165, 1.54) is 11.1 Å². The zero-order valence-electron chi connectivity index (χ0n) is 13.9. The molecule has 23 heavy (non-hydrogen) atoms. The van der Waals surface area contributed by atoms with Gasteiger partial charge in [-0.05, 0) is 43.4 Å². The molecule has 0 saturated heterocycles. The number of nitrogens with one attached hydrogen (secondary N) is 3. The molecule has 1 atom stereocenters. The molecule has 126 valence electrons. The van der Waals surface area contributed by atoms with Gasteiger partial charge in [-0.25, -0.2) is 9.98 Å². The van der Waals surface area contributed by atoms with Crippen LogP contribution in [0.3, 0.4) is 0 Å². The molecule has 0 aromatic heterocycles. The van der Waals surface area contributed by atoms with E-state index in [2.05, 4.69) is 52.3 Å². The van der Waals surface area contributed by atoms with Gasteiger partial charge in [0.25, 0.3) is 0 Å². The van der Waals surface area contributed by atoms with Crippen LogP contribution in [-0.2, 0) is 12.8 Å². The Morgan fingerprint density at radius 3 is 2.57 bits per heavy atom. The van der Waals surface area contributed by atoms with Gasteiger partial charge in [0.15, 0.2) is 6.29 Å². The molecule has 0 amide bonds. The molecule has 0 bridgehead atoms. The number of hydrogen-bond acceptors (Lipinski definition) is 4. The molecule has 0 heterocycles. The molecule has 0 aliphatic heterocycles. The van der Waals surface area contributed by atoms with Crippen molar-refractivity contribution in [2.24, 2.45) is 9.98 Å². The van der Waals surface area contributed by atoms with Crippen molar-refractivity contribution in [3.05, 3.63) is 35.4 Å². The maximum Gasteiger partial charge on any atom is 0.220 e. The molecular weight excluding hydrogens is 290 g/mol. The molecule has 1 aromatic carbocycles. The van der Waals surface area contributed by atoms with Crippen LogP contribution >= 0.6 is 0 Å². The molecule has 0 radical (unpaired) electrons. The van der Waals surface area contributed by atoms with E-state index >= 15 is 0 Å². The van der Waals surface area contributed by atoms with E-state index in [9.17, 15) is 5.21 Å². The smallest absolute Gasteiger partial charge is 0.220 e. The topological polar surface area (TPSA) is 81.0 Å². The summed E-state index contributed by atoms with van der Waals surface area (Å²) in [7, 11) is 0. The van der Waals surface area contributed by atoms with Gasteiger partial charge in [0.05, 0.1) is 6.04 Å². The van der Waals surface area contributed by atoms with Gasteiger partial charge >= 0.3 is 0 Å².